The molecule has 0 saturated heterocycles. The molecule has 3 aromatic rings. The van der Waals surface area contributed by atoms with Crippen LogP contribution in [0.4, 0.5) is 5.69 Å². The lowest BCUT2D eigenvalue weighted by Crippen LogP contribution is -2.13. The Morgan fingerprint density at radius 2 is 1.62 bits per heavy atom. The molecule has 0 aliphatic rings. The number of rotatable bonds is 3. The van der Waals surface area contributed by atoms with Gasteiger partial charge in [0.15, 0.2) is 0 Å². The molecule has 26 heavy (non-hydrogen) atoms. The van der Waals surface area contributed by atoms with E-state index in [9.17, 15) is 17.8 Å². The molecule has 0 aliphatic carbocycles. The van der Waals surface area contributed by atoms with E-state index in [0.717, 1.165) is 4.47 Å². The summed E-state index contributed by atoms with van der Waals surface area (Å²) in [6.07, 6.45) is 0. The maximum atomic E-state index is 12.7. The summed E-state index contributed by atoms with van der Waals surface area (Å²) in [6.45, 7) is 0. The highest BCUT2D eigenvalue weighted by Crippen LogP contribution is 2.33. The maximum absolute atomic E-state index is 12.7. The molecule has 5 nitrogen and oxygen atoms in total. The molecule has 9 heteroatoms. The van der Waals surface area contributed by atoms with Crippen molar-refractivity contribution in [3.8, 4) is 0 Å². The monoisotopic (exact) mass is 561 g/mol. The molecule has 0 radical (unpaired) electrons. The summed E-state index contributed by atoms with van der Waals surface area (Å²) in [5, 5.41) is 3.61. The molecule has 0 bridgehead atoms. The van der Waals surface area contributed by atoms with Crippen molar-refractivity contribution < 1.29 is 17.8 Å². The van der Waals surface area contributed by atoms with E-state index >= 15 is 0 Å². The lowest BCUT2D eigenvalue weighted by atomic mass is 10.1. The fraction of sp³-hybridized carbons (Fsp3) is 0. The first-order valence-electron chi connectivity index (χ1n) is 7.13. The van der Waals surface area contributed by atoms with Crippen LogP contribution < -0.4 is 5.32 Å². The third-order valence-electron chi connectivity index (χ3n) is 3.65. The van der Waals surface area contributed by atoms with E-state index in [0.29, 0.717) is 31.0 Å². The van der Waals surface area contributed by atoms with Crippen molar-refractivity contribution in [3.63, 3.8) is 0 Å². The minimum Gasteiger partial charge on any atom is -0.321 e. The van der Waals surface area contributed by atoms with E-state index in [1.54, 1.807) is 36.4 Å². The number of halogens is 3. The first kappa shape index (κ1) is 19.5. The van der Waals surface area contributed by atoms with Crippen LogP contribution in [-0.2, 0) is 10.1 Å². The first-order chi connectivity index (χ1) is 12.2. The lowest BCUT2D eigenvalue weighted by Gasteiger charge is -2.12. The summed E-state index contributed by atoms with van der Waals surface area (Å²) < 4.78 is 34.6. The Morgan fingerprint density at radius 3 is 2.31 bits per heavy atom. The van der Waals surface area contributed by atoms with Gasteiger partial charge in [0.05, 0.1) is 5.56 Å². The third kappa shape index (κ3) is 3.86. The zero-order valence-corrected chi connectivity index (χ0v) is 18.4. The highest BCUT2D eigenvalue weighted by molar-refractivity contribution is 9.13. The lowest BCUT2D eigenvalue weighted by molar-refractivity contribution is 0.102. The van der Waals surface area contributed by atoms with Crippen molar-refractivity contribution in [2.24, 2.45) is 0 Å². The number of benzene rings is 3. The van der Waals surface area contributed by atoms with E-state index in [2.05, 4.69) is 53.1 Å². The van der Waals surface area contributed by atoms with E-state index in [1.165, 1.54) is 12.1 Å². The summed E-state index contributed by atoms with van der Waals surface area (Å²) in [5.41, 5.74) is 0.829. The Hall–Kier alpha value is -1.26. The van der Waals surface area contributed by atoms with Gasteiger partial charge in [0, 0.05) is 29.9 Å². The van der Waals surface area contributed by atoms with Gasteiger partial charge in [0.2, 0.25) is 0 Å². The molecular weight excluding hydrogens is 554 g/mol. The molecule has 0 unspecified atom stereocenters. The highest BCUT2D eigenvalue weighted by Gasteiger charge is 2.18. The van der Waals surface area contributed by atoms with Crippen molar-refractivity contribution in [2.45, 2.75) is 4.90 Å². The molecule has 3 rings (SSSR count). The van der Waals surface area contributed by atoms with Gasteiger partial charge >= 0.3 is 0 Å². The van der Waals surface area contributed by atoms with Gasteiger partial charge in [-0.3, -0.25) is 9.35 Å². The largest absolute Gasteiger partial charge is 0.321 e. The molecular formula is C17H10Br3NO4S. The van der Waals surface area contributed by atoms with Crippen LogP contribution in [0.25, 0.3) is 10.8 Å². The normalized spacial score (nSPS) is 11.5. The Labute approximate surface area is 174 Å². The van der Waals surface area contributed by atoms with Gasteiger partial charge in [-0.2, -0.15) is 8.42 Å². The molecule has 0 atom stereocenters. The molecule has 3 aromatic carbocycles. The summed E-state index contributed by atoms with van der Waals surface area (Å²) in [5.74, 6) is -0.372. The average molecular weight is 564 g/mol. The van der Waals surface area contributed by atoms with Gasteiger partial charge in [0.1, 0.15) is 4.90 Å². The predicted molar refractivity (Wildman–Crippen MR) is 111 cm³/mol. The van der Waals surface area contributed by atoms with Gasteiger partial charge in [-0.25, -0.2) is 0 Å². The number of hydrogen-bond donors (Lipinski definition) is 2. The molecule has 0 fully saturated rings. The Bertz CT molecular complexity index is 1150. The van der Waals surface area contributed by atoms with Crippen LogP contribution in [0.5, 0.6) is 0 Å². The van der Waals surface area contributed by atoms with E-state index in [4.69, 9.17) is 0 Å². The SMILES string of the molecule is O=C(Nc1cccc2c(S(=O)(=O)O)cccc12)c1cc(Br)cc(Br)c1Br. The van der Waals surface area contributed by atoms with E-state index in [1.807, 2.05) is 0 Å². The van der Waals surface area contributed by atoms with Gasteiger partial charge in [-0.1, -0.05) is 40.2 Å². The van der Waals surface area contributed by atoms with Crippen molar-refractivity contribution in [2.75, 3.05) is 5.32 Å². The van der Waals surface area contributed by atoms with E-state index < -0.39 is 10.1 Å². The van der Waals surface area contributed by atoms with Gasteiger partial charge in [-0.05, 0) is 56.1 Å². The average Bonchev–Trinajstić information content (AvgIpc) is 2.57. The second-order valence-corrected chi connectivity index (χ2v) is 9.29. The second kappa shape index (κ2) is 7.40. The van der Waals surface area contributed by atoms with Crippen molar-refractivity contribution in [1.29, 1.82) is 0 Å². The first-order valence-corrected chi connectivity index (χ1v) is 11.0. The van der Waals surface area contributed by atoms with Crippen LogP contribution in [-0.4, -0.2) is 18.9 Å². The predicted octanol–water partition coefficient (Wildman–Crippen LogP) is 5.63. The highest BCUT2D eigenvalue weighted by atomic mass is 79.9. The number of anilines is 1. The Balaban J connectivity index is 2.09. The standard InChI is InChI=1S/C17H10Br3NO4S/c18-9-7-12(16(20)13(19)8-9)17(22)21-14-5-1-4-11-10(14)3-2-6-15(11)26(23,24)25/h1-8H,(H,21,22)(H,23,24,25). The van der Waals surface area contributed by atoms with Crippen LogP contribution in [0, 0.1) is 0 Å². The second-order valence-electron chi connectivity index (χ2n) is 5.34. The zero-order valence-electron chi connectivity index (χ0n) is 12.8. The Kier molecular flexibility index (Phi) is 5.55. The number of hydrogen-bond acceptors (Lipinski definition) is 3. The fourth-order valence-electron chi connectivity index (χ4n) is 2.53. The summed E-state index contributed by atoms with van der Waals surface area (Å²) in [7, 11) is -4.38. The van der Waals surface area contributed by atoms with Gasteiger partial charge in [-0.15, -0.1) is 0 Å². The molecule has 0 saturated carbocycles. The number of carbonyl (C=O) groups is 1. The third-order valence-corrected chi connectivity index (χ3v) is 7.03. The summed E-state index contributed by atoms with van der Waals surface area (Å²) in [4.78, 5) is 12.5. The minimum absolute atomic E-state index is 0.211. The number of nitrogens with one attached hydrogen (secondary N) is 1. The Morgan fingerprint density at radius 1 is 0.962 bits per heavy atom. The van der Waals surface area contributed by atoms with E-state index in [-0.39, 0.29) is 10.8 Å². The molecule has 0 aromatic heterocycles. The van der Waals surface area contributed by atoms with Crippen LogP contribution >= 0.6 is 47.8 Å². The van der Waals surface area contributed by atoms with Gasteiger partial charge < -0.3 is 5.32 Å². The van der Waals surface area contributed by atoms with Crippen molar-refractivity contribution in [1.82, 2.24) is 0 Å². The van der Waals surface area contributed by atoms with Crippen LogP contribution in [0.3, 0.4) is 0 Å². The quantitative estimate of drug-likeness (QED) is 0.320. The molecule has 0 heterocycles. The maximum Gasteiger partial charge on any atom is 0.295 e. The zero-order chi connectivity index (χ0) is 19.1. The number of fused-ring (bicyclic) bond motifs is 1. The molecule has 0 aliphatic heterocycles. The smallest absolute Gasteiger partial charge is 0.295 e. The van der Waals surface area contributed by atoms with Gasteiger partial charge in [0.25, 0.3) is 16.0 Å². The molecule has 134 valence electrons. The summed E-state index contributed by atoms with van der Waals surface area (Å²) in [6, 6.07) is 12.8. The fourth-order valence-corrected chi connectivity index (χ4v) is 4.87. The van der Waals surface area contributed by atoms with Crippen LogP contribution in [0.2, 0.25) is 0 Å². The topological polar surface area (TPSA) is 83.5 Å². The molecule has 1 amide bonds. The number of amides is 1. The minimum atomic E-state index is -4.38. The molecule has 2 N–H and O–H groups in total. The van der Waals surface area contributed by atoms with Crippen molar-refractivity contribution >= 4 is 80.3 Å². The number of carbonyl (C=O) groups excluding carboxylic acids is 1. The van der Waals surface area contributed by atoms with Crippen molar-refractivity contribution in [3.05, 3.63) is 67.5 Å². The van der Waals surface area contributed by atoms with Crippen LogP contribution in [0.1, 0.15) is 10.4 Å². The van der Waals surface area contributed by atoms with Crippen LogP contribution in [0.15, 0.2) is 66.8 Å². The molecule has 0 spiro atoms. The summed E-state index contributed by atoms with van der Waals surface area (Å²) >= 11 is 10.1.